The molecular formula is C21H27FN2O2S. The van der Waals surface area contributed by atoms with Crippen molar-refractivity contribution < 1.29 is 12.8 Å². The van der Waals surface area contributed by atoms with E-state index in [1.807, 2.05) is 0 Å². The van der Waals surface area contributed by atoms with E-state index in [1.54, 1.807) is 6.92 Å². The molecule has 4 nitrogen and oxygen atoms in total. The minimum absolute atomic E-state index is 0.000915. The predicted octanol–water partition coefficient (Wildman–Crippen LogP) is 4.04. The highest BCUT2D eigenvalue weighted by Crippen LogP contribution is 2.20. The van der Waals surface area contributed by atoms with E-state index in [4.69, 9.17) is 0 Å². The molecule has 0 amide bonds. The maximum Gasteiger partial charge on any atom is 0.240 e. The molecule has 1 aliphatic heterocycles. The van der Waals surface area contributed by atoms with Gasteiger partial charge in [0, 0.05) is 25.3 Å². The fourth-order valence-electron chi connectivity index (χ4n) is 3.47. The van der Waals surface area contributed by atoms with E-state index < -0.39 is 15.8 Å². The highest BCUT2D eigenvalue weighted by molar-refractivity contribution is 7.89. The summed E-state index contributed by atoms with van der Waals surface area (Å²) in [7, 11) is -3.71. The number of sulfonamides is 1. The molecule has 3 rings (SSSR count). The third kappa shape index (κ3) is 5.30. The molecule has 1 saturated heterocycles. The van der Waals surface area contributed by atoms with Crippen molar-refractivity contribution in [2.24, 2.45) is 0 Å². The van der Waals surface area contributed by atoms with Gasteiger partial charge in [0.15, 0.2) is 0 Å². The molecule has 0 aromatic heterocycles. The van der Waals surface area contributed by atoms with E-state index >= 15 is 0 Å². The van der Waals surface area contributed by atoms with Gasteiger partial charge in [-0.1, -0.05) is 31.0 Å². The lowest BCUT2D eigenvalue weighted by molar-refractivity contribution is 0.576. The lowest BCUT2D eigenvalue weighted by Gasteiger charge is -2.22. The summed E-state index contributed by atoms with van der Waals surface area (Å²) in [5, 5.41) is 0. The van der Waals surface area contributed by atoms with Crippen molar-refractivity contribution in [3.63, 3.8) is 0 Å². The minimum Gasteiger partial charge on any atom is -0.372 e. The van der Waals surface area contributed by atoms with Crippen molar-refractivity contribution in [3.05, 3.63) is 59.4 Å². The molecule has 146 valence electrons. The summed E-state index contributed by atoms with van der Waals surface area (Å²) < 4.78 is 40.8. The second kappa shape index (κ2) is 8.85. The standard InChI is InChI=1S/C21H27FN2O2S/c1-17-6-9-19(22)16-21(17)27(25,26)23-13-12-18-7-10-20(11-8-18)24-14-4-2-3-5-15-24/h6-11,16,23H,2-5,12-15H2,1H3. The minimum atomic E-state index is -3.71. The molecular weight excluding hydrogens is 363 g/mol. The van der Waals surface area contributed by atoms with Crippen LogP contribution in [0.1, 0.15) is 36.8 Å². The zero-order valence-electron chi connectivity index (χ0n) is 15.7. The van der Waals surface area contributed by atoms with E-state index in [-0.39, 0.29) is 11.4 Å². The van der Waals surface area contributed by atoms with Crippen LogP contribution >= 0.6 is 0 Å². The third-order valence-electron chi connectivity index (χ3n) is 5.05. The molecule has 1 N–H and O–H groups in total. The van der Waals surface area contributed by atoms with Crippen LogP contribution in [0.3, 0.4) is 0 Å². The van der Waals surface area contributed by atoms with Crippen LogP contribution < -0.4 is 9.62 Å². The Balaban J connectivity index is 1.57. The summed E-state index contributed by atoms with van der Waals surface area (Å²) in [4.78, 5) is 2.42. The van der Waals surface area contributed by atoms with Gasteiger partial charge in [0.2, 0.25) is 10.0 Å². The first-order valence-electron chi connectivity index (χ1n) is 9.55. The normalized spacial score (nSPS) is 15.6. The first-order valence-corrected chi connectivity index (χ1v) is 11.0. The second-order valence-electron chi connectivity index (χ2n) is 7.13. The lowest BCUT2D eigenvalue weighted by Crippen LogP contribution is -2.27. The SMILES string of the molecule is Cc1ccc(F)cc1S(=O)(=O)NCCc1ccc(N2CCCCCC2)cc1. The Kier molecular flexibility index (Phi) is 6.50. The molecule has 2 aromatic carbocycles. The van der Waals surface area contributed by atoms with Gasteiger partial charge in [0.1, 0.15) is 5.82 Å². The predicted molar refractivity (Wildman–Crippen MR) is 107 cm³/mol. The summed E-state index contributed by atoms with van der Waals surface area (Å²) in [5.41, 5.74) is 2.84. The van der Waals surface area contributed by atoms with E-state index in [0.717, 1.165) is 24.7 Å². The summed E-state index contributed by atoms with van der Waals surface area (Å²) in [6, 6.07) is 12.2. The molecule has 1 aliphatic rings. The Bertz CT molecular complexity index is 858. The highest BCUT2D eigenvalue weighted by atomic mass is 32.2. The number of nitrogens with one attached hydrogen (secondary N) is 1. The molecule has 2 aromatic rings. The van der Waals surface area contributed by atoms with E-state index in [9.17, 15) is 12.8 Å². The van der Waals surface area contributed by atoms with Gasteiger partial charge < -0.3 is 4.90 Å². The zero-order chi connectivity index (χ0) is 19.3. The fourth-order valence-corrected chi connectivity index (χ4v) is 4.76. The Morgan fingerprint density at radius 2 is 1.67 bits per heavy atom. The van der Waals surface area contributed by atoms with Crippen LogP contribution in [0.25, 0.3) is 0 Å². The number of rotatable bonds is 6. The maximum atomic E-state index is 13.4. The summed E-state index contributed by atoms with van der Waals surface area (Å²) >= 11 is 0. The van der Waals surface area contributed by atoms with Crippen LogP contribution in [0.5, 0.6) is 0 Å². The van der Waals surface area contributed by atoms with Crippen molar-refractivity contribution in [1.82, 2.24) is 4.72 Å². The quantitative estimate of drug-likeness (QED) is 0.810. The van der Waals surface area contributed by atoms with Crippen molar-refractivity contribution in [2.45, 2.75) is 43.9 Å². The first kappa shape index (κ1) is 19.8. The number of nitrogens with zero attached hydrogens (tertiary/aromatic N) is 1. The highest BCUT2D eigenvalue weighted by Gasteiger charge is 2.17. The topological polar surface area (TPSA) is 49.4 Å². The van der Waals surface area contributed by atoms with E-state index in [2.05, 4.69) is 33.9 Å². The average molecular weight is 391 g/mol. The molecule has 0 unspecified atom stereocenters. The Morgan fingerprint density at radius 3 is 2.33 bits per heavy atom. The Labute approximate surface area is 161 Å². The van der Waals surface area contributed by atoms with E-state index in [1.165, 1.54) is 43.5 Å². The average Bonchev–Trinajstić information content (AvgIpc) is 2.93. The number of anilines is 1. The van der Waals surface area contributed by atoms with Gasteiger partial charge >= 0.3 is 0 Å². The Morgan fingerprint density at radius 1 is 1.00 bits per heavy atom. The van der Waals surface area contributed by atoms with Crippen LogP contribution in [0.15, 0.2) is 47.4 Å². The number of hydrogen-bond donors (Lipinski definition) is 1. The van der Waals surface area contributed by atoms with Gasteiger partial charge in [-0.15, -0.1) is 0 Å². The number of benzene rings is 2. The van der Waals surface area contributed by atoms with Crippen molar-refractivity contribution in [3.8, 4) is 0 Å². The number of halogens is 1. The molecule has 1 heterocycles. The summed E-state index contributed by atoms with van der Waals surface area (Å²) in [6.07, 6.45) is 5.68. The third-order valence-corrected chi connectivity index (χ3v) is 6.66. The van der Waals surface area contributed by atoms with Gasteiger partial charge in [0.25, 0.3) is 0 Å². The van der Waals surface area contributed by atoms with Gasteiger partial charge in [-0.3, -0.25) is 0 Å². The molecule has 27 heavy (non-hydrogen) atoms. The van der Waals surface area contributed by atoms with Crippen LogP contribution in [0.2, 0.25) is 0 Å². The van der Waals surface area contributed by atoms with Crippen molar-refractivity contribution in [2.75, 3.05) is 24.5 Å². The van der Waals surface area contributed by atoms with Crippen molar-refractivity contribution >= 4 is 15.7 Å². The van der Waals surface area contributed by atoms with Gasteiger partial charge in [0.05, 0.1) is 4.90 Å². The molecule has 0 radical (unpaired) electrons. The Hall–Kier alpha value is -1.92. The largest absolute Gasteiger partial charge is 0.372 e. The van der Waals surface area contributed by atoms with E-state index in [0.29, 0.717) is 12.0 Å². The van der Waals surface area contributed by atoms with Crippen LogP contribution in [-0.4, -0.2) is 28.1 Å². The van der Waals surface area contributed by atoms with Gasteiger partial charge in [-0.2, -0.15) is 0 Å². The molecule has 0 bridgehead atoms. The first-order chi connectivity index (χ1) is 13.0. The fraction of sp³-hybridized carbons (Fsp3) is 0.429. The second-order valence-corrected chi connectivity index (χ2v) is 8.86. The zero-order valence-corrected chi connectivity index (χ0v) is 16.6. The van der Waals surface area contributed by atoms with Gasteiger partial charge in [-0.05, 0) is 61.6 Å². The van der Waals surface area contributed by atoms with Crippen LogP contribution in [-0.2, 0) is 16.4 Å². The summed E-state index contributed by atoms with van der Waals surface area (Å²) in [5.74, 6) is -0.551. The maximum absolute atomic E-state index is 13.4. The van der Waals surface area contributed by atoms with Crippen LogP contribution in [0.4, 0.5) is 10.1 Å². The molecule has 0 spiro atoms. The molecule has 0 aliphatic carbocycles. The lowest BCUT2D eigenvalue weighted by atomic mass is 10.1. The number of aryl methyl sites for hydroxylation is 1. The van der Waals surface area contributed by atoms with Crippen LogP contribution in [0, 0.1) is 12.7 Å². The number of hydrogen-bond acceptors (Lipinski definition) is 3. The summed E-state index contributed by atoms with van der Waals surface area (Å²) in [6.45, 7) is 4.15. The molecule has 1 fully saturated rings. The molecule has 6 heteroatoms. The van der Waals surface area contributed by atoms with Crippen molar-refractivity contribution in [1.29, 1.82) is 0 Å². The molecule has 0 saturated carbocycles. The smallest absolute Gasteiger partial charge is 0.240 e. The molecule has 0 atom stereocenters. The monoisotopic (exact) mass is 390 g/mol. The van der Waals surface area contributed by atoms with Gasteiger partial charge in [-0.25, -0.2) is 17.5 Å².